The molecule has 1 rings (SSSR count). The highest BCUT2D eigenvalue weighted by atomic mass is 16.5. The summed E-state index contributed by atoms with van der Waals surface area (Å²) in [6.07, 6.45) is 3.27. The zero-order chi connectivity index (χ0) is 12.1. The molecule has 0 N–H and O–H groups in total. The lowest BCUT2D eigenvalue weighted by Gasteiger charge is -2.03. The predicted molar refractivity (Wildman–Crippen MR) is 66.1 cm³/mol. The van der Waals surface area contributed by atoms with E-state index in [0.29, 0.717) is 5.57 Å². The van der Waals surface area contributed by atoms with Gasteiger partial charge < -0.3 is 4.74 Å². The summed E-state index contributed by atoms with van der Waals surface area (Å²) in [4.78, 5) is 11.3. The minimum absolute atomic E-state index is 0.367. The van der Waals surface area contributed by atoms with Gasteiger partial charge in [0.05, 0.1) is 12.7 Å². The third-order valence-electron chi connectivity index (χ3n) is 2.49. The highest BCUT2D eigenvalue weighted by molar-refractivity contribution is 5.96. The van der Waals surface area contributed by atoms with E-state index in [2.05, 4.69) is 18.2 Å². The Balaban J connectivity index is 3.09. The van der Waals surface area contributed by atoms with Gasteiger partial charge in [0.2, 0.25) is 0 Å². The lowest BCUT2D eigenvalue weighted by molar-refractivity contribution is -0.135. The Bertz CT molecular complexity index is 442. The van der Waals surface area contributed by atoms with Crippen molar-refractivity contribution < 1.29 is 9.53 Å². The fraction of sp³-hybridized carbons (Fsp3) is 0.214. The van der Waals surface area contributed by atoms with Gasteiger partial charge in [-0.05, 0) is 36.6 Å². The van der Waals surface area contributed by atoms with Crippen LogP contribution in [-0.4, -0.2) is 13.1 Å². The van der Waals surface area contributed by atoms with E-state index in [1.807, 2.05) is 25.1 Å². The smallest absolute Gasteiger partial charge is 0.337 e. The number of carbonyl (C=O) groups excluding carboxylic acids is 1. The lowest BCUT2D eigenvalue weighted by atomic mass is 10.0. The summed E-state index contributed by atoms with van der Waals surface area (Å²) in [5.41, 5.74) is 3.87. The summed E-state index contributed by atoms with van der Waals surface area (Å²) in [5.74, 6) is -0.367. The van der Waals surface area contributed by atoms with E-state index in [9.17, 15) is 4.79 Å². The third-order valence-corrected chi connectivity index (χ3v) is 2.49. The first-order chi connectivity index (χ1) is 7.58. The second kappa shape index (κ2) is 5.31. The van der Waals surface area contributed by atoms with Crippen LogP contribution in [0.15, 0.2) is 36.4 Å². The first-order valence-electron chi connectivity index (χ1n) is 5.08. The highest BCUT2D eigenvalue weighted by Gasteiger charge is 2.05. The van der Waals surface area contributed by atoms with Crippen molar-refractivity contribution in [3.63, 3.8) is 0 Å². The van der Waals surface area contributed by atoms with Gasteiger partial charge in [0.15, 0.2) is 0 Å². The van der Waals surface area contributed by atoms with Gasteiger partial charge in [-0.2, -0.15) is 0 Å². The van der Waals surface area contributed by atoms with Crippen LogP contribution in [0, 0.1) is 13.8 Å². The summed E-state index contributed by atoms with van der Waals surface area (Å²) in [7, 11) is 1.36. The molecule has 0 bridgehead atoms. The van der Waals surface area contributed by atoms with Crippen molar-refractivity contribution in [3.05, 3.63) is 53.1 Å². The fourth-order valence-corrected chi connectivity index (χ4v) is 1.35. The molecule has 0 aliphatic rings. The molecule has 0 saturated heterocycles. The molecule has 0 fully saturated rings. The van der Waals surface area contributed by atoms with Crippen LogP contribution in [-0.2, 0) is 9.53 Å². The largest absolute Gasteiger partial charge is 0.465 e. The van der Waals surface area contributed by atoms with Crippen molar-refractivity contribution in [2.45, 2.75) is 13.8 Å². The minimum atomic E-state index is -0.367. The molecule has 2 heteroatoms. The molecule has 0 heterocycles. The molecule has 0 radical (unpaired) electrons. The number of hydrogen-bond acceptors (Lipinski definition) is 2. The van der Waals surface area contributed by atoms with E-state index in [4.69, 9.17) is 0 Å². The van der Waals surface area contributed by atoms with Crippen LogP contribution in [0.5, 0.6) is 0 Å². The molecule has 16 heavy (non-hydrogen) atoms. The lowest BCUT2D eigenvalue weighted by Crippen LogP contribution is -2.02. The number of aryl methyl sites for hydroxylation is 2. The Morgan fingerprint density at radius 2 is 2.00 bits per heavy atom. The maximum atomic E-state index is 11.3. The van der Waals surface area contributed by atoms with E-state index in [0.717, 1.165) is 5.56 Å². The first-order valence-corrected chi connectivity index (χ1v) is 5.08. The molecule has 0 unspecified atom stereocenters. The van der Waals surface area contributed by atoms with Gasteiger partial charge in [0, 0.05) is 0 Å². The molecule has 2 nitrogen and oxygen atoms in total. The predicted octanol–water partition coefficient (Wildman–Crippen LogP) is 3.05. The van der Waals surface area contributed by atoms with Crippen LogP contribution >= 0.6 is 0 Å². The van der Waals surface area contributed by atoms with E-state index < -0.39 is 0 Å². The van der Waals surface area contributed by atoms with E-state index in [1.165, 1.54) is 24.3 Å². The molecule has 0 aromatic heterocycles. The molecule has 0 amide bonds. The number of esters is 1. The third kappa shape index (κ3) is 2.83. The molecule has 0 spiro atoms. The molecule has 1 aromatic carbocycles. The monoisotopic (exact) mass is 216 g/mol. The Morgan fingerprint density at radius 1 is 1.31 bits per heavy atom. The quantitative estimate of drug-likeness (QED) is 0.441. The maximum Gasteiger partial charge on any atom is 0.337 e. The number of methoxy groups -OCH3 is 1. The van der Waals surface area contributed by atoms with E-state index in [-0.39, 0.29) is 5.97 Å². The highest BCUT2D eigenvalue weighted by Crippen LogP contribution is 2.14. The molecule has 84 valence electrons. The Labute approximate surface area is 96.2 Å². The van der Waals surface area contributed by atoms with Gasteiger partial charge >= 0.3 is 5.97 Å². The average Bonchev–Trinajstić information content (AvgIpc) is 2.29. The van der Waals surface area contributed by atoms with Crippen LogP contribution in [0.4, 0.5) is 0 Å². The average molecular weight is 216 g/mol. The second-order valence-corrected chi connectivity index (χ2v) is 3.64. The number of ether oxygens (including phenoxy) is 1. The van der Waals surface area contributed by atoms with Crippen LogP contribution in [0.25, 0.3) is 6.08 Å². The van der Waals surface area contributed by atoms with E-state index in [1.54, 1.807) is 6.08 Å². The van der Waals surface area contributed by atoms with Crippen molar-refractivity contribution in [2.75, 3.05) is 7.11 Å². The van der Waals surface area contributed by atoms with Crippen molar-refractivity contribution >= 4 is 12.0 Å². The molecular weight excluding hydrogens is 200 g/mol. The standard InChI is InChI=1S/C14H16O2/c1-5-13(14(15)16-4)9-12-7-6-10(2)11(3)8-12/h5-9H,1H2,2-4H3. The molecule has 0 aliphatic carbocycles. The number of rotatable bonds is 3. The van der Waals surface area contributed by atoms with E-state index >= 15 is 0 Å². The normalized spacial score (nSPS) is 11.1. The molecule has 0 aliphatic heterocycles. The van der Waals surface area contributed by atoms with Crippen LogP contribution in [0.2, 0.25) is 0 Å². The summed E-state index contributed by atoms with van der Waals surface area (Å²) in [5, 5.41) is 0. The zero-order valence-electron chi connectivity index (χ0n) is 9.91. The van der Waals surface area contributed by atoms with Crippen molar-refractivity contribution in [2.24, 2.45) is 0 Å². The van der Waals surface area contributed by atoms with Crippen LogP contribution < -0.4 is 0 Å². The molecule has 0 saturated carbocycles. The minimum Gasteiger partial charge on any atom is -0.465 e. The van der Waals surface area contributed by atoms with Gasteiger partial charge in [-0.3, -0.25) is 0 Å². The summed E-state index contributed by atoms with van der Waals surface area (Å²) in [6.45, 7) is 7.69. The van der Waals surface area contributed by atoms with Crippen LogP contribution in [0.3, 0.4) is 0 Å². The number of hydrogen-bond donors (Lipinski definition) is 0. The first kappa shape index (κ1) is 12.2. The Kier molecular flexibility index (Phi) is 4.06. The van der Waals surface area contributed by atoms with Gasteiger partial charge in [-0.25, -0.2) is 4.79 Å². The second-order valence-electron chi connectivity index (χ2n) is 3.64. The molecular formula is C14H16O2. The van der Waals surface area contributed by atoms with Crippen molar-refractivity contribution in [1.82, 2.24) is 0 Å². The number of carbonyl (C=O) groups is 1. The topological polar surface area (TPSA) is 26.3 Å². The van der Waals surface area contributed by atoms with Gasteiger partial charge in [0.25, 0.3) is 0 Å². The summed E-state index contributed by atoms with van der Waals surface area (Å²) in [6, 6.07) is 6.02. The van der Waals surface area contributed by atoms with Gasteiger partial charge in [-0.15, -0.1) is 0 Å². The fourth-order valence-electron chi connectivity index (χ4n) is 1.35. The summed E-state index contributed by atoms with van der Waals surface area (Å²) < 4.78 is 4.65. The summed E-state index contributed by atoms with van der Waals surface area (Å²) >= 11 is 0. The maximum absolute atomic E-state index is 11.3. The van der Waals surface area contributed by atoms with Crippen molar-refractivity contribution in [1.29, 1.82) is 0 Å². The Morgan fingerprint density at radius 3 is 2.50 bits per heavy atom. The molecule has 0 atom stereocenters. The van der Waals surface area contributed by atoms with Crippen LogP contribution in [0.1, 0.15) is 16.7 Å². The van der Waals surface area contributed by atoms with Gasteiger partial charge in [-0.1, -0.05) is 30.9 Å². The van der Waals surface area contributed by atoms with Crippen molar-refractivity contribution in [3.8, 4) is 0 Å². The molecule has 1 aromatic rings. The van der Waals surface area contributed by atoms with Gasteiger partial charge in [0.1, 0.15) is 0 Å². The number of benzene rings is 1. The SMILES string of the molecule is C=CC(=Cc1ccc(C)c(C)c1)C(=O)OC. The Hall–Kier alpha value is -1.83. The zero-order valence-corrected chi connectivity index (χ0v) is 9.91.